The number of aryl methyl sites for hydroxylation is 1. The number of hydrogen-bond acceptors (Lipinski definition) is 2. The quantitative estimate of drug-likeness (QED) is 0.885. The maximum Gasteiger partial charge on any atom is 0.0450 e. The summed E-state index contributed by atoms with van der Waals surface area (Å²) in [7, 11) is 2.01. The second kappa shape index (κ2) is 5.78. The van der Waals surface area contributed by atoms with Crippen LogP contribution in [0, 0.1) is 6.92 Å². The molecule has 2 heteroatoms. The molecule has 2 nitrogen and oxygen atoms in total. The molecule has 94 valence electrons. The van der Waals surface area contributed by atoms with Crippen LogP contribution in [0.1, 0.15) is 35.7 Å². The third kappa shape index (κ3) is 2.59. The van der Waals surface area contributed by atoms with Crippen molar-refractivity contribution in [3.63, 3.8) is 0 Å². The normalized spacial score (nSPS) is 14.2. The molecule has 0 fully saturated rings. The first-order chi connectivity index (χ1) is 8.74. The summed E-state index contributed by atoms with van der Waals surface area (Å²) in [6.07, 6.45) is 1.86. The number of hydrogen-bond donors (Lipinski definition) is 1. The molecule has 0 spiro atoms. The van der Waals surface area contributed by atoms with Gasteiger partial charge in [0.25, 0.3) is 0 Å². The molecule has 2 unspecified atom stereocenters. The van der Waals surface area contributed by atoms with Crippen molar-refractivity contribution >= 4 is 0 Å². The molecule has 0 aliphatic heterocycles. The number of aromatic nitrogens is 1. The van der Waals surface area contributed by atoms with E-state index in [1.807, 2.05) is 25.4 Å². The van der Waals surface area contributed by atoms with Gasteiger partial charge in [0, 0.05) is 23.9 Å². The second-order valence-electron chi connectivity index (χ2n) is 4.67. The topological polar surface area (TPSA) is 24.9 Å². The predicted molar refractivity (Wildman–Crippen MR) is 75.6 cm³/mol. The van der Waals surface area contributed by atoms with Crippen molar-refractivity contribution in [3.05, 3.63) is 65.5 Å². The zero-order valence-electron chi connectivity index (χ0n) is 11.2. The van der Waals surface area contributed by atoms with Gasteiger partial charge in [-0.2, -0.15) is 0 Å². The van der Waals surface area contributed by atoms with E-state index in [0.29, 0.717) is 12.0 Å². The van der Waals surface area contributed by atoms with E-state index in [0.717, 1.165) is 5.69 Å². The lowest BCUT2D eigenvalue weighted by Gasteiger charge is -2.25. The van der Waals surface area contributed by atoms with E-state index >= 15 is 0 Å². The van der Waals surface area contributed by atoms with E-state index in [9.17, 15) is 0 Å². The van der Waals surface area contributed by atoms with Crippen molar-refractivity contribution in [3.8, 4) is 0 Å². The van der Waals surface area contributed by atoms with Crippen LogP contribution in [0.2, 0.25) is 0 Å². The van der Waals surface area contributed by atoms with Crippen LogP contribution in [0.3, 0.4) is 0 Å². The molecule has 0 aliphatic carbocycles. The molecule has 18 heavy (non-hydrogen) atoms. The summed E-state index contributed by atoms with van der Waals surface area (Å²) >= 11 is 0. The van der Waals surface area contributed by atoms with Crippen LogP contribution in [0.25, 0.3) is 0 Å². The Kier molecular flexibility index (Phi) is 4.11. The molecule has 0 saturated carbocycles. The van der Waals surface area contributed by atoms with Crippen molar-refractivity contribution in [1.82, 2.24) is 10.3 Å². The Morgan fingerprint density at radius 2 is 1.78 bits per heavy atom. The smallest absolute Gasteiger partial charge is 0.0450 e. The minimum absolute atomic E-state index is 0.293. The van der Waals surface area contributed by atoms with Crippen molar-refractivity contribution in [2.75, 3.05) is 7.05 Å². The van der Waals surface area contributed by atoms with Gasteiger partial charge >= 0.3 is 0 Å². The minimum Gasteiger partial charge on any atom is -0.312 e. The van der Waals surface area contributed by atoms with Gasteiger partial charge in [-0.3, -0.25) is 4.98 Å². The molecule has 1 N–H and O–H groups in total. The van der Waals surface area contributed by atoms with Gasteiger partial charge in [-0.1, -0.05) is 37.3 Å². The molecule has 1 aromatic heterocycles. The van der Waals surface area contributed by atoms with Crippen LogP contribution in [-0.2, 0) is 0 Å². The van der Waals surface area contributed by atoms with E-state index in [1.54, 1.807) is 0 Å². The molecule has 2 rings (SSSR count). The summed E-state index contributed by atoms with van der Waals surface area (Å²) in [5, 5.41) is 3.42. The Morgan fingerprint density at radius 3 is 2.39 bits per heavy atom. The third-order valence-electron chi connectivity index (χ3n) is 3.49. The van der Waals surface area contributed by atoms with Crippen molar-refractivity contribution < 1.29 is 0 Å². The van der Waals surface area contributed by atoms with Crippen LogP contribution in [-0.4, -0.2) is 12.0 Å². The second-order valence-corrected chi connectivity index (χ2v) is 4.67. The Balaban J connectivity index is 2.32. The molecule has 0 radical (unpaired) electrons. The molecule has 0 amide bonds. The number of nitrogens with zero attached hydrogens (tertiary/aromatic N) is 1. The third-order valence-corrected chi connectivity index (χ3v) is 3.49. The number of rotatable bonds is 4. The highest BCUT2D eigenvalue weighted by atomic mass is 14.9. The molecule has 2 aromatic rings. The summed E-state index contributed by atoms with van der Waals surface area (Å²) in [6.45, 7) is 4.38. The number of pyridine rings is 1. The number of nitrogens with one attached hydrogen (secondary N) is 1. The van der Waals surface area contributed by atoms with Gasteiger partial charge in [0.05, 0.1) is 0 Å². The number of benzene rings is 1. The summed E-state index contributed by atoms with van der Waals surface area (Å²) < 4.78 is 0. The fourth-order valence-corrected chi connectivity index (χ4v) is 2.43. The minimum atomic E-state index is 0.293. The molecule has 0 saturated heterocycles. The van der Waals surface area contributed by atoms with Crippen LogP contribution in [0.4, 0.5) is 0 Å². The first-order valence-corrected chi connectivity index (χ1v) is 6.37. The average Bonchev–Trinajstić information content (AvgIpc) is 2.42. The van der Waals surface area contributed by atoms with Gasteiger partial charge in [0.2, 0.25) is 0 Å². The standard InChI is InChI=1S/C16H20N2/c1-12-8-4-5-9-14(12)16(17-3)13(2)15-10-6-7-11-18-15/h4-11,13,16-17H,1-3H3. The first kappa shape index (κ1) is 12.8. The molecular weight excluding hydrogens is 220 g/mol. The highest BCUT2D eigenvalue weighted by molar-refractivity contribution is 5.31. The lowest BCUT2D eigenvalue weighted by Crippen LogP contribution is -2.23. The Bertz CT molecular complexity index is 493. The summed E-state index contributed by atoms with van der Waals surface area (Å²) in [5.74, 6) is 0.345. The zero-order chi connectivity index (χ0) is 13.0. The monoisotopic (exact) mass is 240 g/mol. The maximum atomic E-state index is 4.46. The SMILES string of the molecule is CNC(c1ccccc1C)C(C)c1ccccn1. The van der Waals surface area contributed by atoms with Crippen LogP contribution in [0.15, 0.2) is 48.7 Å². The predicted octanol–water partition coefficient (Wildman–Crippen LogP) is 3.45. The molecule has 0 aliphatic rings. The highest BCUT2D eigenvalue weighted by Crippen LogP contribution is 2.30. The van der Waals surface area contributed by atoms with Gasteiger partial charge in [-0.05, 0) is 37.2 Å². The Morgan fingerprint density at radius 1 is 1.06 bits per heavy atom. The van der Waals surface area contributed by atoms with E-state index in [1.165, 1.54) is 11.1 Å². The van der Waals surface area contributed by atoms with E-state index in [-0.39, 0.29) is 0 Å². The van der Waals surface area contributed by atoms with E-state index in [2.05, 4.69) is 54.5 Å². The first-order valence-electron chi connectivity index (χ1n) is 6.37. The van der Waals surface area contributed by atoms with Gasteiger partial charge in [-0.25, -0.2) is 0 Å². The van der Waals surface area contributed by atoms with Gasteiger partial charge < -0.3 is 5.32 Å². The van der Waals surface area contributed by atoms with Crippen LogP contribution >= 0.6 is 0 Å². The van der Waals surface area contributed by atoms with Crippen LogP contribution in [0.5, 0.6) is 0 Å². The van der Waals surface area contributed by atoms with Crippen molar-refractivity contribution in [2.45, 2.75) is 25.8 Å². The highest BCUT2D eigenvalue weighted by Gasteiger charge is 2.21. The van der Waals surface area contributed by atoms with E-state index in [4.69, 9.17) is 0 Å². The Hall–Kier alpha value is -1.67. The van der Waals surface area contributed by atoms with Gasteiger partial charge in [0.15, 0.2) is 0 Å². The molecule has 0 bridgehead atoms. The fraction of sp³-hybridized carbons (Fsp3) is 0.312. The zero-order valence-corrected chi connectivity index (χ0v) is 11.2. The van der Waals surface area contributed by atoms with E-state index < -0.39 is 0 Å². The maximum absolute atomic E-state index is 4.46. The molecule has 2 atom stereocenters. The summed E-state index contributed by atoms with van der Waals surface area (Å²) in [5.41, 5.74) is 3.79. The summed E-state index contributed by atoms with van der Waals surface area (Å²) in [4.78, 5) is 4.46. The largest absolute Gasteiger partial charge is 0.312 e. The van der Waals surface area contributed by atoms with Gasteiger partial charge in [-0.15, -0.1) is 0 Å². The Labute approximate surface area is 109 Å². The molecular formula is C16H20N2. The molecule has 1 aromatic carbocycles. The average molecular weight is 240 g/mol. The van der Waals surface area contributed by atoms with Gasteiger partial charge in [0.1, 0.15) is 0 Å². The molecule has 1 heterocycles. The van der Waals surface area contributed by atoms with Crippen molar-refractivity contribution in [2.24, 2.45) is 0 Å². The van der Waals surface area contributed by atoms with Crippen molar-refractivity contribution in [1.29, 1.82) is 0 Å². The summed E-state index contributed by atoms with van der Waals surface area (Å²) in [6, 6.07) is 14.9. The number of likely N-dealkylation sites (N-methyl/N-ethyl adjacent to an activating group) is 1. The van der Waals surface area contributed by atoms with Crippen LogP contribution < -0.4 is 5.32 Å². The fourth-order valence-electron chi connectivity index (χ4n) is 2.43. The lowest BCUT2D eigenvalue weighted by atomic mass is 9.89. The lowest BCUT2D eigenvalue weighted by molar-refractivity contribution is 0.497.